The number of aromatic nitrogens is 1. The van der Waals surface area contributed by atoms with Crippen molar-refractivity contribution in [3.05, 3.63) is 40.4 Å². The predicted molar refractivity (Wildman–Crippen MR) is 92.7 cm³/mol. The van der Waals surface area contributed by atoms with E-state index in [0.717, 1.165) is 16.9 Å². The lowest BCUT2D eigenvalue weighted by molar-refractivity contribution is -0.114. The molecule has 0 saturated carbocycles. The first-order chi connectivity index (χ1) is 11.3. The number of benzene rings is 1. The fourth-order valence-corrected chi connectivity index (χ4v) is 2.94. The molecule has 1 heterocycles. The predicted octanol–water partition coefficient (Wildman–Crippen LogP) is 1.49. The number of hydrogen-bond acceptors (Lipinski definition) is 5. The van der Waals surface area contributed by atoms with Gasteiger partial charge in [0.1, 0.15) is 4.88 Å². The van der Waals surface area contributed by atoms with Gasteiger partial charge in [-0.25, -0.2) is 14.8 Å². The van der Waals surface area contributed by atoms with Crippen molar-refractivity contribution < 1.29 is 14.7 Å². The molecule has 1 amide bonds. The number of nitrogens with zero attached hydrogens (tertiary/aromatic N) is 2. The number of amides is 1. The highest BCUT2D eigenvalue weighted by molar-refractivity contribution is 7.17. The first kappa shape index (κ1) is 17.4. The maximum Gasteiger partial charge on any atom is 0.347 e. The fourth-order valence-electron chi connectivity index (χ4n) is 2.04. The second-order valence-corrected chi connectivity index (χ2v) is 5.98. The zero-order valence-corrected chi connectivity index (χ0v) is 13.8. The van der Waals surface area contributed by atoms with Gasteiger partial charge in [-0.15, -0.1) is 0 Å². The zero-order valence-electron chi connectivity index (χ0n) is 12.9. The molecule has 0 aliphatic heterocycles. The number of aliphatic imine (C=N–C) groups is 1. The van der Waals surface area contributed by atoms with Crippen LogP contribution < -0.4 is 16.8 Å². The molecule has 2 aromatic rings. The molecular formula is C15H17N5O3S. The van der Waals surface area contributed by atoms with E-state index in [1.54, 1.807) is 12.1 Å². The molecule has 0 bridgehead atoms. The molecule has 6 N–H and O–H groups in total. The molecule has 0 aliphatic rings. The quantitative estimate of drug-likeness (QED) is 0.460. The minimum atomic E-state index is -1.05. The molecule has 0 spiro atoms. The molecule has 2 rings (SSSR count). The highest BCUT2D eigenvalue weighted by atomic mass is 32.1. The molecule has 0 aliphatic carbocycles. The Morgan fingerprint density at radius 1 is 1.25 bits per heavy atom. The number of guanidine groups is 1. The van der Waals surface area contributed by atoms with Crippen LogP contribution in [0.25, 0.3) is 0 Å². The van der Waals surface area contributed by atoms with Gasteiger partial charge in [-0.05, 0) is 30.5 Å². The standard InChI is InChI=1S/C15H17N5O3S/c1-8(21)18-15-20-11(12(24-15)13(22)23)7-4-9-2-5-10(6-3-9)19-14(16)17/h2-3,5-6H,4,7H2,1H3,(H,22,23)(H4,16,17,19)(H,18,20,21). The van der Waals surface area contributed by atoms with Crippen LogP contribution in [0, 0.1) is 0 Å². The summed E-state index contributed by atoms with van der Waals surface area (Å²) in [6.07, 6.45) is 1.05. The Balaban J connectivity index is 2.10. The summed E-state index contributed by atoms with van der Waals surface area (Å²) in [6.45, 7) is 1.35. The van der Waals surface area contributed by atoms with Crippen LogP contribution in [0.5, 0.6) is 0 Å². The van der Waals surface area contributed by atoms with Gasteiger partial charge >= 0.3 is 5.97 Å². The summed E-state index contributed by atoms with van der Waals surface area (Å²) in [5.41, 5.74) is 12.7. The summed E-state index contributed by atoms with van der Waals surface area (Å²) in [7, 11) is 0. The summed E-state index contributed by atoms with van der Waals surface area (Å²) in [6, 6.07) is 7.28. The largest absolute Gasteiger partial charge is 0.477 e. The SMILES string of the molecule is CC(=O)Nc1nc(CCc2ccc(N=C(N)N)cc2)c(C(=O)O)s1. The second-order valence-electron chi connectivity index (χ2n) is 4.98. The Labute approximate surface area is 142 Å². The molecule has 0 radical (unpaired) electrons. The maximum absolute atomic E-state index is 11.3. The van der Waals surface area contributed by atoms with Gasteiger partial charge in [-0.1, -0.05) is 23.5 Å². The Kier molecular flexibility index (Phi) is 5.48. The van der Waals surface area contributed by atoms with Crippen LogP contribution in [-0.4, -0.2) is 27.9 Å². The van der Waals surface area contributed by atoms with E-state index in [-0.39, 0.29) is 21.9 Å². The van der Waals surface area contributed by atoms with Crippen LogP contribution in [-0.2, 0) is 17.6 Å². The Hall–Kier alpha value is -2.94. The highest BCUT2D eigenvalue weighted by Gasteiger charge is 2.17. The van der Waals surface area contributed by atoms with Gasteiger partial charge in [-0.2, -0.15) is 0 Å². The molecule has 0 unspecified atom stereocenters. The molecule has 9 heteroatoms. The van der Waals surface area contributed by atoms with Gasteiger partial charge in [0.2, 0.25) is 5.91 Å². The van der Waals surface area contributed by atoms with E-state index in [1.165, 1.54) is 6.92 Å². The van der Waals surface area contributed by atoms with Crippen molar-refractivity contribution in [2.75, 3.05) is 5.32 Å². The van der Waals surface area contributed by atoms with Gasteiger partial charge in [0.15, 0.2) is 11.1 Å². The Morgan fingerprint density at radius 2 is 1.92 bits per heavy atom. The lowest BCUT2D eigenvalue weighted by Gasteiger charge is -2.02. The van der Waals surface area contributed by atoms with Gasteiger partial charge in [0.05, 0.1) is 11.4 Å². The third-order valence-corrected chi connectivity index (χ3v) is 4.02. The average molecular weight is 347 g/mol. The zero-order chi connectivity index (χ0) is 17.7. The normalized spacial score (nSPS) is 10.2. The minimum Gasteiger partial charge on any atom is -0.477 e. The fraction of sp³-hybridized carbons (Fsp3) is 0.200. The number of nitrogens with two attached hydrogens (primary N) is 2. The first-order valence-electron chi connectivity index (χ1n) is 7.04. The van der Waals surface area contributed by atoms with Gasteiger partial charge in [0.25, 0.3) is 0 Å². The number of aromatic carboxylic acids is 1. The highest BCUT2D eigenvalue weighted by Crippen LogP contribution is 2.24. The van der Waals surface area contributed by atoms with E-state index in [0.29, 0.717) is 24.2 Å². The molecule has 0 fully saturated rings. The van der Waals surface area contributed by atoms with Gasteiger partial charge in [0, 0.05) is 6.92 Å². The van der Waals surface area contributed by atoms with Gasteiger partial charge < -0.3 is 21.9 Å². The number of carboxylic acid groups (broad SMARTS) is 1. The lowest BCUT2D eigenvalue weighted by Crippen LogP contribution is -2.21. The molecule has 1 aromatic heterocycles. The smallest absolute Gasteiger partial charge is 0.347 e. The van der Waals surface area contributed by atoms with Crippen LogP contribution in [0.1, 0.15) is 27.9 Å². The number of aryl methyl sites for hydroxylation is 2. The summed E-state index contributed by atoms with van der Waals surface area (Å²) in [5, 5.41) is 12.1. The first-order valence-corrected chi connectivity index (χ1v) is 7.86. The van der Waals surface area contributed by atoms with Gasteiger partial charge in [-0.3, -0.25) is 4.79 Å². The van der Waals surface area contributed by atoms with Crippen molar-refractivity contribution in [2.24, 2.45) is 16.5 Å². The minimum absolute atomic E-state index is 0.0122. The topological polar surface area (TPSA) is 144 Å². The Morgan fingerprint density at radius 3 is 2.46 bits per heavy atom. The number of carbonyl (C=O) groups is 2. The van der Waals surface area contributed by atoms with E-state index >= 15 is 0 Å². The number of carboxylic acids is 1. The molecule has 1 aromatic carbocycles. The third kappa shape index (κ3) is 4.78. The van der Waals surface area contributed by atoms with Crippen molar-refractivity contribution >= 4 is 40.0 Å². The number of hydrogen-bond donors (Lipinski definition) is 4. The maximum atomic E-state index is 11.3. The molecule has 8 nitrogen and oxygen atoms in total. The summed E-state index contributed by atoms with van der Waals surface area (Å²) in [5.74, 6) is -1.36. The second kappa shape index (κ2) is 7.55. The van der Waals surface area contributed by atoms with Crippen LogP contribution in [0.4, 0.5) is 10.8 Å². The van der Waals surface area contributed by atoms with Crippen molar-refractivity contribution in [2.45, 2.75) is 19.8 Å². The van der Waals surface area contributed by atoms with E-state index in [4.69, 9.17) is 11.5 Å². The molecule has 0 saturated heterocycles. The summed E-state index contributed by atoms with van der Waals surface area (Å²) >= 11 is 0.952. The number of rotatable bonds is 6. The van der Waals surface area contributed by atoms with Crippen LogP contribution >= 0.6 is 11.3 Å². The molecule has 0 atom stereocenters. The third-order valence-electron chi connectivity index (χ3n) is 3.02. The number of carbonyl (C=O) groups excluding carboxylic acids is 1. The van der Waals surface area contributed by atoms with Crippen molar-refractivity contribution in [1.29, 1.82) is 0 Å². The van der Waals surface area contributed by atoms with E-state index < -0.39 is 5.97 Å². The summed E-state index contributed by atoms with van der Waals surface area (Å²) < 4.78 is 0. The molecular weight excluding hydrogens is 330 g/mol. The average Bonchev–Trinajstić information content (AvgIpc) is 2.88. The Bertz CT molecular complexity index is 779. The van der Waals surface area contributed by atoms with E-state index in [1.807, 2.05) is 12.1 Å². The van der Waals surface area contributed by atoms with Crippen molar-refractivity contribution in [3.63, 3.8) is 0 Å². The molecule has 24 heavy (non-hydrogen) atoms. The van der Waals surface area contributed by atoms with Crippen molar-refractivity contribution in [3.8, 4) is 0 Å². The van der Waals surface area contributed by atoms with Crippen LogP contribution in [0.3, 0.4) is 0 Å². The van der Waals surface area contributed by atoms with Crippen molar-refractivity contribution in [1.82, 2.24) is 4.98 Å². The van der Waals surface area contributed by atoms with Crippen LogP contribution in [0.2, 0.25) is 0 Å². The lowest BCUT2D eigenvalue weighted by atomic mass is 10.1. The summed E-state index contributed by atoms with van der Waals surface area (Å²) in [4.78, 5) is 30.6. The van der Waals surface area contributed by atoms with E-state index in [2.05, 4.69) is 15.3 Å². The molecule has 126 valence electrons. The number of thiazole rings is 1. The monoisotopic (exact) mass is 347 g/mol. The van der Waals surface area contributed by atoms with Crippen LogP contribution in [0.15, 0.2) is 29.3 Å². The number of nitrogens with one attached hydrogen (secondary N) is 1. The number of anilines is 1. The van der Waals surface area contributed by atoms with E-state index in [9.17, 15) is 14.7 Å².